The maximum absolute atomic E-state index is 12.8. The third-order valence-electron chi connectivity index (χ3n) is 6.59. The zero-order chi connectivity index (χ0) is 34.5. The van der Waals surface area contributed by atoms with E-state index < -0.39 is 116 Å². The van der Waals surface area contributed by atoms with E-state index in [1.165, 1.54) is 0 Å². The molecule has 0 aliphatic rings. The number of hydrogen-bond acceptors (Lipinski definition) is 12. The Morgan fingerprint density at radius 2 is 0.778 bits per heavy atom. The van der Waals surface area contributed by atoms with Crippen LogP contribution >= 0.6 is 0 Å². The topological polar surface area (TPSA) is 225 Å². The monoisotopic (exact) mass is 640 g/mol. The molecule has 0 saturated heterocycles. The van der Waals surface area contributed by atoms with Crippen LogP contribution in [0.2, 0.25) is 0 Å². The lowest BCUT2D eigenvalue weighted by atomic mass is 9.79. The molecule has 2 aromatic heterocycles. The molecule has 2 unspecified atom stereocenters. The number of ether oxygens (including phenoxy) is 2. The lowest BCUT2D eigenvalue weighted by molar-refractivity contribution is 0.0626. The standard InChI is InChI=1S/C26H41BN6O12/c1-13(2)30-21(38)28(22(39)31(14(3)4)25(30)42)9-17(34)11-44-19(36)27-20(37)45-12-18(35)10-29-23(40)32(15(5)6)26(43)33(16(7)8)24(29)41/h13-18,27,34-35H,9-12H2,1-8H3. The number of carbonyl (C=O) groups excluding carboxylic acids is 2. The van der Waals surface area contributed by atoms with Gasteiger partial charge in [-0.05, 0) is 55.4 Å². The number of nitrogens with zero attached hydrogens (tertiary/aromatic N) is 6. The highest BCUT2D eigenvalue weighted by atomic mass is 16.6. The van der Waals surface area contributed by atoms with Crippen LogP contribution < -0.4 is 34.1 Å². The minimum Gasteiger partial charge on any atom is -0.470 e. The summed E-state index contributed by atoms with van der Waals surface area (Å²) in [7, 11) is -0.934. The van der Waals surface area contributed by atoms with Gasteiger partial charge >= 0.3 is 41.4 Å². The van der Waals surface area contributed by atoms with Gasteiger partial charge in [-0.1, -0.05) is 0 Å². The molecule has 0 saturated carbocycles. The maximum Gasteiger partial charge on any atom is 0.392 e. The SMILES string of the molecule is CC(C)n1c(=O)n(CC(O)COC(=O)BC(=O)OCC(O)Cn2c(=O)n(C(C)C)c(=O)n(C(C)C)c2=O)c(=O)n(C(C)C)c1=O. The van der Waals surface area contributed by atoms with E-state index in [0.29, 0.717) is 9.13 Å². The van der Waals surface area contributed by atoms with Crippen LogP contribution in [0.1, 0.15) is 79.6 Å². The van der Waals surface area contributed by atoms with E-state index in [9.17, 15) is 48.6 Å². The molecule has 2 rings (SSSR count). The molecule has 18 nitrogen and oxygen atoms in total. The van der Waals surface area contributed by atoms with Crippen LogP contribution in [-0.4, -0.2) is 82.1 Å². The Hall–Kier alpha value is -4.26. The number of carbonyl (C=O) groups is 2. The molecule has 0 aromatic carbocycles. The minimum absolute atomic E-state index is 0.587. The summed E-state index contributed by atoms with van der Waals surface area (Å²) >= 11 is 0. The molecule has 0 amide bonds. The fourth-order valence-corrected chi connectivity index (χ4v) is 4.45. The fourth-order valence-electron chi connectivity index (χ4n) is 4.45. The van der Waals surface area contributed by atoms with Gasteiger partial charge in [0.05, 0.1) is 13.1 Å². The quantitative estimate of drug-likeness (QED) is 0.216. The van der Waals surface area contributed by atoms with Crippen molar-refractivity contribution >= 4 is 19.0 Å². The zero-order valence-corrected chi connectivity index (χ0v) is 26.7. The van der Waals surface area contributed by atoms with Gasteiger partial charge in [0.1, 0.15) is 25.4 Å². The van der Waals surface area contributed by atoms with E-state index in [2.05, 4.69) is 0 Å². The van der Waals surface area contributed by atoms with Crippen LogP contribution in [0.3, 0.4) is 0 Å². The summed E-state index contributed by atoms with van der Waals surface area (Å²) in [6.45, 7) is 9.99. The smallest absolute Gasteiger partial charge is 0.392 e. The van der Waals surface area contributed by atoms with Crippen molar-refractivity contribution in [2.24, 2.45) is 0 Å². The van der Waals surface area contributed by atoms with E-state index >= 15 is 0 Å². The molecule has 250 valence electrons. The highest BCUT2D eigenvalue weighted by Crippen LogP contribution is 2.01. The van der Waals surface area contributed by atoms with Crippen LogP contribution in [0, 0.1) is 0 Å². The first-order valence-electron chi connectivity index (χ1n) is 14.4. The van der Waals surface area contributed by atoms with Gasteiger partial charge in [-0.25, -0.2) is 56.2 Å². The van der Waals surface area contributed by atoms with Crippen LogP contribution in [0.25, 0.3) is 0 Å². The molecule has 0 bridgehead atoms. The Bertz CT molecular complexity index is 1540. The van der Waals surface area contributed by atoms with Crippen LogP contribution in [0.15, 0.2) is 28.8 Å². The van der Waals surface area contributed by atoms with Crippen molar-refractivity contribution in [1.82, 2.24) is 27.4 Å². The number of aliphatic hydroxyl groups excluding tert-OH is 2. The Labute approximate surface area is 256 Å². The van der Waals surface area contributed by atoms with Gasteiger partial charge in [0.25, 0.3) is 11.7 Å². The fraction of sp³-hybridized carbons (Fsp3) is 0.692. The van der Waals surface area contributed by atoms with E-state index in [-0.39, 0.29) is 0 Å². The van der Waals surface area contributed by atoms with Crippen LogP contribution in [0.5, 0.6) is 0 Å². The molecule has 2 atom stereocenters. The van der Waals surface area contributed by atoms with Gasteiger partial charge < -0.3 is 19.7 Å². The van der Waals surface area contributed by atoms with Crippen molar-refractivity contribution in [2.75, 3.05) is 13.2 Å². The maximum atomic E-state index is 12.8. The first-order chi connectivity index (χ1) is 20.8. The summed E-state index contributed by atoms with van der Waals surface area (Å²) in [5.74, 6) is -2.26. The second kappa shape index (κ2) is 15.2. The molecular formula is C26H41BN6O12. The summed E-state index contributed by atoms with van der Waals surface area (Å²) < 4.78 is 14.5. The largest absolute Gasteiger partial charge is 0.470 e. The predicted molar refractivity (Wildman–Crippen MR) is 162 cm³/mol. The molecule has 0 aliphatic heterocycles. The average molecular weight is 640 g/mol. The van der Waals surface area contributed by atoms with Crippen molar-refractivity contribution in [3.05, 3.63) is 62.9 Å². The predicted octanol–water partition coefficient (Wildman–Crippen LogP) is -1.89. The van der Waals surface area contributed by atoms with Crippen molar-refractivity contribution in [1.29, 1.82) is 0 Å². The van der Waals surface area contributed by atoms with E-state index in [4.69, 9.17) is 9.47 Å². The van der Waals surface area contributed by atoms with E-state index in [1.807, 2.05) is 0 Å². The van der Waals surface area contributed by atoms with Gasteiger partial charge in [0.15, 0.2) is 0 Å². The lowest BCUT2D eigenvalue weighted by Gasteiger charge is -2.19. The molecule has 45 heavy (non-hydrogen) atoms. The molecule has 2 heterocycles. The summed E-state index contributed by atoms with van der Waals surface area (Å²) in [4.78, 5) is 101. The molecule has 0 aliphatic carbocycles. The lowest BCUT2D eigenvalue weighted by Crippen LogP contribution is -2.56. The number of aromatic nitrogens is 6. The molecule has 0 fully saturated rings. The summed E-state index contributed by atoms with van der Waals surface area (Å²) in [6, 6.07) is -2.35. The molecule has 2 N–H and O–H groups in total. The van der Waals surface area contributed by atoms with Gasteiger partial charge in [-0.15, -0.1) is 0 Å². The normalized spacial score (nSPS) is 13.0. The van der Waals surface area contributed by atoms with Crippen molar-refractivity contribution in [2.45, 2.75) is 105 Å². The highest BCUT2D eigenvalue weighted by Gasteiger charge is 2.24. The van der Waals surface area contributed by atoms with Gasteiger partial charge in [-0.3, -0.25) is 9.59 Å². The van der Waals surface area contributed by atoms with E-state index in [1.54, 1.807) is 55.4 Å². The Kier molecular flexibility index (Phi) is 12.4. The second-order valence-electron chi connectivity index (χ2n) is 11.6. The third-order valence-corrected chi connectivity index (χ3v) is 6.59. The van der Waals surface area contributed by atoms with E-state index in [0.717, 1.165) is 18.3 Å². The Morgan fingerprint density at radius 3 is 1.00 bits per heavy atom. The van der Waals surface area contributed by atoms with Crippen molar-refractivity contribution < 1.29 is 29.3 Å². The molecule has 0 radical (unpaired) electrons. The van der Waals surface area contributed by atoms with Gasteiger partial charge in [0, 0.05) is 24.2 Å². The number of hydrogen-bond donors (Lipinski definition) is 2. The Balaban J connectivity index is 2.03. The second-order valence-corrected chi connectivity index (χ2v) is 11.6. The molecular weight excluding hydrogens is 599 g/mol. The number of aliphatic hydroxyl groups is 2. The van der Waals surface area contributed by atoms with Crippen LogP contribution in [-0.2, 0) is 22.6 Å². The van der Waals surface area contributed by atoms with Crippen molar-refractivity contribution in [3.8, 4) is 0 Å². The molecule has 19 heteroatoms. The molecule has 2 aromatic rings. The van der Waals surface area contributed by atoms with Crippen molar-refractivity contribution in [3.63, 3.8) is 0 Å². The van der Waals surface area contributed by atoms with Crippen LogP contribution in [0.4, 0.5) is 9.59 Å². The summed E-state index contributed by atoms with van der Waals surface area (Å²) in [5, 5.41) is 20.7. The summed E-state index contributed by atoms with van der Waals surface area (Å²) in [5.41, 5.74) is -5.38. The zero-order valence-electron chi connectivity index (χ0n) is 26.7. The first kappa shape index (κ1) is 36.9. The Morgan fingerprint density at radius 1 is 0.533 bits per heavy atom. The number of rotatable bonds is 14. The first-order valence-corrected chi connectivity index (χ1v) is 14.4. The van der Waals surface area contributed by atoms with Gasteiger partial charge in [-0.2, -0.15) is 0 Å². The highest BCUT2D eigenvalue weighted by molar-refractivity contribution is 6.94. The molecule has 0 spiro atoms. The summed E-state index contributed by atoms with van der Waals surface area (Å²) in [6.07, 6.45) is -3.11. The minimum atomic E-state index is -1.56. The average Bonchev–Trinajstić information content (AvgIpc) is 2.90. The van der Waals surface area contributed by atoms with Gasteiger partial charge in [0.2, 0.25) is 0 Å². The third kappa shape index (κ3) is 8.47.